The Hall–Kier alpha value is -1.60. The van der Waals surface area contributed by atoms with Crippen LogP contribution in [0, 0.1) is 0 Å². The number of aldehydes is 1. The van der Waals surface area contributed by atoms with Crippen LogP contribution in [0.1, 0.15) is 47.5 Å². The molecule has 0 unspecified atom stereocenters. The molecule has 21 heavy (non-hydrogen) atoms. The zero-order valence-corrected chi connectivity index (χ0v) is 13.4. The van der Waals surface area contributed by atoms with E-state index in [4.69, 9.17) is 19.4 Å². The third-order valence-corrected chi connectivity index (χ3v) is 1.73. The van der Waals surface area contributed by atoms with Gasteiger partial charge in [0.15, 0.2) is 17.9 Å². The number of ketones is 2. The summed E-state index contributed by atoms with van der Waals surface area (Å²) in [7, 11) is 0. The van der Waals surface area contributed by atoms with Crippen molar-refractivity contribution in [1.82, 2.24) is 0 Å². The van der Waals surface area contributed by atoms with Gasteiger partial charge in [-0.1, -0.05) is 13.8 Å². The van der Waals surface area contributed by atoms with Crippen molar-refractivity contribution in [2.45, 2.75) is 53.8 Å². The average Bonchev–Trinajstić information content (AvgIpc) is 2.45. The van der Waals surface area contributed by atoms with Gasteiger partial charge in [0, 0.05) is 33.0 Å². The molecule has 7 heteroatoms. The van der Waals surface area contributed by atoms with Crippen LogP contribution in [0.2, 0.25) is 0 Å². The highest BCUT2D eigenvalue weighted by atomic mass is 16.7. The quantitative estimate of drug-likeness (QED) is 0.412. The van der Waals surface area contributed by atoms with Gasteiger partial charge in [-0.3, -0.25) is 19.2 Å². The van der Waals surface area contributed by atoms with Crippen LogP contribution < -0.4 is 0 Å². The largest absolute Gasteiger partial charge is 0.481 e. The number of rotatable bonds is 8. The highest BCUT2D eigenvalue weighted by molar-refractivity contribution is 6.24. The van der Waals surface area contributed by atoms with E-state index >= 15 is 0 Å². The average molecular weight is 306 g/mol. The maximum atomic E-state index is 11.0. The maximum Gasteiger partial charge on any atom is 0.300 e. The molecule has 0 spiro atoms. The van der Waals surface area contributed by atoms with Crippen molar-refractivity contribution in [2.24, 2.45) is 0 Å². The highest BCUT2D eigenvalue weighted by Crippen LogP contribution is 1.99. The molecule has 0 saturated carbocycles. The first-order valence-corrected chi connectivity index (χ1v) is 6.73. The lowest BCUT2D eigenvalue weighted by molar-refractivity contribution is -0.167. The Morgan fingerprint density at radius 2 is 1.38 bits per heavy atom. The van der Waals surface area contributed by atoms with Crippen molar-refractivity contribution in [1.29, 1.82) is 0 Å². The zero-order valence-electron chi connectivity index (χ0n) is 13.4. The fraction of sp³-hybridized carbons (Fsp3) is 0.714. The van der Waals surface area contributed by atoms with Crippen LogP contribution in [0.25, 0.3) is 0 Å². The molecule has 0 rings (SSSR count). The summed E-state index contributed by atoms with van der Waals surface area (Å²) in [4.78, 5) is 39.2. The van der Waals surface area contributed by atoms with Crippen LogP contribution in [-0.4, -0.2) is 48.4 Å². The molecule has 0 aromatic carbocycles. The van der Waals surface area contributed by atoms with Crippen molar-refractivity contribution in [3.63, 3.8) is 0 Å². The molecule has 0 bridgehead atoms. The van der Waals surface area contributed by atoms with Gasteiger partial charge in [0.1, 0.15) is 0 Å². The standard InChI is InChI=1S/C8H16O3.C4H6O2.C2H4O2/c1-4-7(9)8(10-5-2)11-6-3;1-2-4(6)3-5;1-2(3)4/h8H,4-6H2,1-3H3;3H,2H2,1H3;1H3,(H,3,4). The molecule has 0 aliphatic carbocycles. The molecular formula is C14H26O7. The van der Waals surface area contributed by atoms with Crippen molar-refractivity contribution >= 4 is 23.8 Å². The van der Waals surface area contributed by atoms with E-state index in [0.29, 0.717) is 32.3 Å². The Balaban J connectivity index is -0.000000272. The summed E-state index contributed by atoms with van der Waals surface area (Å²) in [5.74, 6) is -1.16. The highest BCUT2D eigenvalue weighted by Gasteiger charge is 2.15. The lowest BCUT2D eigenvalue weighted by atomic mass is 10.3. The molecule has 0 heterocycles. The van der Waals surface area contributed by atoms with E-state index in [1.165, 1.54) is 0 Å². The fourth-order valence-electron chi connectivity index (χ4n) is 0.787. The summed E-state index contributed by atoms with van der Waals surface area (Å²) in [6.45, 7) is 9.24. The number of hydrogen-bond donors (Lipinski definition) is 1. The number of carbonyl (C=O) groups is 4. The van der Waals surface area contributed by atoms with Crippen molar-refractivity contribution < 1.29 is 33.8 Å². The minimum absolute atomic E-state index is 0.00806. The third-order valence-electron chi connectivity index (χ3n) is 1.73. The topological polar surface area (TPSA) is 107 Å². The smallest absolute Gasteiger partial charge is 0.300 e. The van der Waals surface area contributed by atoms with E-state index in [1.54, 1.807) is 13.8 Å². The SMILES string of the molecule is CC(=O)O.CCC(=O)C=O.CCOC(OCC)C(=O)CC. The van der Waals surface area contributed by atoms with Crippen LogP contribution in [0.15, 0.2) is 0 Å². The first kappa shape index (κ1) is 24.4. The molecule has 0 aromatic heterocycles. The van der Waals surface area contributed by atoms with Gasteiger partial charge in [-0.2, -0.15) is 0 Å². The lowest BCUT2D eigenvalue weighted by Crippen LogP contribution is -2.26. The number of carboxylic acids is 1. The van der Waals surface area contributed by atoms with Gasteiger partial charge >= 0.3 is 0 Å². The van der Waals surface area contributed by atoms with Gasteiger partial charge in [-0.05, 0) is 13.8 Å². The molecule has 0 atom stereocenters. The Labute approximate surface area is 125 Å². The van der Waals surface area contributed by atoms with E-state index in [1.807, 2.05) is 13.8 Å². The predicted molar refractivity (Wildman–Crippen MR) is 77.0 cm³/mol. The Morgan fingerprint density at radius 3 is 1.52 bits per heavy atom. The molecule has 7 nitrogen and oxygen atoms in total. The monoisotopic (exact) mass is 306 g/mol. The molecule has 1 N–H and O–H groups in total. The normalized spacial score (nSPS) is 8.86. The van der Waals surface area contributed by atoms with Crippen LogP contribution in [0.3, 0.4) is 0 Å². The second-order valence-electron chi connectivity index (χ2n) is 3.52. The molecule has 0 fully saturated rings. The van der Waals surface area contributed by atoms with Gasteiger partial charge in [-0.25, -0.2) is 0 Å². The van der Waals surface area contributed by atoms with E-state index < -0.39 is 12.3 Å². The number of Topliss-reactive ketones (excluding diaryl/α,β-unsaturated/α-hetero) is 2. The van der Waals surface area contributed by atoms with Gasteiger partial charge in [-0.15, -0.1) is 0 Å². The fourth-order valence-corrected chi connectivity index (χ4v) is 0.787. The zero-order chi connectivity index (χ0) is 17.3. The molecule has 0 saturated heterocycles. The van der Waals surface area contributed by atoms with Gasteiger partial charge < -0.3 is 14.6 Å². The Bertz CT molecular complexity index is 290. The second kappa shape index (κ2) is 18.4. The summed E-state index contributed by atoms with van der Waals surface area (Å²) in [6, 6.07) is 0. The van der Waals surface area contributed by atoms with Crippen LogP contribution >= 0.6 is 0 Å². The van der Waals surface area contributed by atoms with Crippen molar-refractivity contribution in [2.75, 3.05) is 13.2 Å². The number of hydrogen-bond acceptors (Lipinski definition) is 6. The Morgan fingerprint density at radius 1 is 1.00 bits per heavy atom. The minimum Gasteiger partial charge on any atom is -0.481 e. The number of carbonyl (C=O) groups excluding carboxylic acids is 3. The van der Waals surface area contributed by atoms with E-state index in [-0.39, 0.29) is 11.6 Å². The third kappa shape index (κ3) is 23.9. The lowest BCUT2D eigenvalue weighted by Gasteiger charge is -2.13. The Kier molecular flexibility index (Phi) is 21.4. The molecule has 0 aromatic rings. The first-order valence-electron chi connectivity index (χ1n) is 6.73. The van der Waals surface area contributed by atoms with Gasteiger partial charge in [0.05, 0.1) is 0 Å². The van der Waals surface area contributed by atoms with Crippen molar-refractivity contribution in [3.05, 3.63) is 0 Å². The molecular weight excluding hydrogens is 280 g/mol. The second-order valence-corrected chi connectivity index (χ2v) is 3.52. The van der Waals surface area contributed by atoms with Crippen LogP contribution in [0.5, 0.6) is 0 Å². The van der Waals surface area contributed by atoms with E-state index in [0.717, 1.165) is 6.92 Å². The predicted octanol–water partition coefficient (Wildman–Crippen LogP) is 1.62. The molecule has 0 amide bonds. The maximum absolute atomic E-state index is 11.0. The summed E-state index contributed by atoms with van der Waals surface area (Å²) >= 11 is 0. The van der Waals surface area contributed by atoms with Gasteiger partial charge in [0.25, 0.3) is 5.97 Å². The van der Waals surface area contributed by atoms with E-state index in [2.05, 4.69) is 0 Å². The van der Waals surface area contributed by atoms with Gasteiger partial charge in [0.2, 0.25) is 6.29 Å². The summed E-state index contributed by atoms with van der Waals surface area (Å²) in [5, 5.41) is 7.42. The van der Waals surface area contributed by atoms with Crippen molar-refractivity contribution in [3.8, 4) is 0 Å². The summed E-state index contributed by atoms with van der Waals surface area (Å²) < 4.78 is 10.1. The summed E-state index contributed by atoms with van der Waals surface area (Å²) in [6.07, 6.45) is 0.476. The van der Waals surface area contributed by atoms with Crippen LogP contribution in [-0.2, 0) is 28.7 Å². The number of aliphatic carboxylic acids is 1. The minimum atomic E-state index is -0.833. The van der Waals surface area contributed by atoms with E-state index in [9.17, 15) is 14.4 Å². The summed E-state index contributed by atoms with van der Waals surface area (Å²) in [5.41, 5.74) is 0. The molecule has 0 aliphatic rings. The number of ether oxygens (including phenoxy) is 2. The first-order chi connectivity index (χ1) is 9.80. The molecule has 0 aliphatic heterocycles. The molecule has 124 valence electrons. The van der Waals surface area contributed by atoms with Crippen LogP contribution in [0.4, 0.5) is 0 Å². The number of carboxylic acid groups (broad SMARTS) is 1. The molecule has 0 radical (unpaired) electrons.